The van der Waals surface area contributed by atoms with Crippen LogP contribution < -0.4 is 10.5 Å². The molecule has 7 nitrogen and oxygen atoms in total. The molecule has 0 fully saturated rings. The maximum atomic E-state index is 13.0. The smallest absolute Gasteiger partial charge is 0.440 e. The lowest BCUT2D eigenvalue weighted by Gasteiger charge is -2.14. The standard InChI is InChI=1S/C13H13FN2O5/c1-3-20-11(17)10(8-4-6-9(14)7-5-8)16-13(18)21-12(15-16)19-2/h4-7,10H,3H2,1-2H3. The Morgan fingerprint density at radius 1 is 1.43 bits per heavy atom. The number of rotatable bonds is 5. The van der Waals surface area contributed by atoms with Gasteiger partial charge in [0.25, 0.3) is 0 Å². The van der Waals surface area contributed by atoms with Crippen LogP contribution in [0.25, 0.3) is 0 Å². The molecule has 21 heavy (non-hydrogen) atoms. The molecule has 1 aromatic heterocycles. The molecule has 2 rings (SSSR count). The van der Waals surface area contributed by atoms with Crippen molar-refractivity contribution in [1.29, 1.82) is 0 Å². The number of hydrogen-bond acceptors (Lipinski definition) is 6. The zero-order chi connectivity index (χ0) is 15.4. The molecule has 0 aliphatic heterocycles. The number of ether oxygens (including phenoxy) is 2. The minimum Gasteiger partial charge on any atom is -0.464 e. The summed E-state index contributed by atoms with van der Waals surface area (Å²) in [6.07, 6.45) is -0.281. The Balaban J connectivity index is 2.49. The summed E-state index contributed by atoms with van der Waals surface area (Å²) in [4.78, 5) is 23.8. The van der Waals surface area contributed by atoms with Crippen LogP contribution in [0.15, 0.2) is 33.5 Å². The summed E-state index contributed by atoms with van der Waals surface area (Å²) in [5.41, 5.74) is 0.341. The van der Waals surface area contributed by atoms with E-state index in [2.05, 4.69) is 5.10 Å². The molecule has 8 heteroatoms. The number of carbonyl (C=O) groups is 1. The van der Waals surface area contributed by atoms with Crippen molar-refractivity contribution in [2.24, 2.45) is 0 Å². The van der Waals surface area contributed by atoms with Crippen molar-refractivity contribution < 1.29 is 23.1 Å². The van der Waals surface area contributed by atoms with Crippen LogP contribution in [0, 0.1) is 5.82 Å². The number of methoxy groups -OCH3 is 1. The second-order valence-corrected chi connectivity index (χ2v) is 3.99. The molecule has 2 aromatic rings. The number of aromatic nitrogens is 2. The maximum absolute atomic E-state index is 13.0. The van der Waals surface area contributed by atoms with Gasteiger partial charge >= 0.3 is 17.8 Å². The normalized spacial score (nSPS) is 12.0. The molecule has 112 valence electrons. The van der Waals surface area contributed by atoms with Crippen molar-refractivity contribution in [2.45, 2.75) is 13.0 Å². The van der Waals surface area contributed by atoms with E-state index in [0.717, 1.165) is 4.68 Å². The summed E-state index contributed by atoms with van der Waals surface area (Å²) in [7, 11) is 1.27. The van der Waals surface area contributed by atoms with Gasteiger partial charge in [0.2, 0.25) is 0 Å². The van der Waals surface area contributed by atoms with E-state index in [0.29, 0.717) is 5.56 Å². The van der Waals surface area contributed by atoms with Gasteiger partial charge in [-0.05, 0) is 24.6 Å². The van der Waals surface area contributed by atoms with Crippen molar-refractivity contribution in [3.05, 3.63) is 46.2 Å². The molecule has 0 saturated carbocycles. The number of halogens is 1. The first-order chi connectivity index (χ1) is 10.1. The Kier molecular flexibility index (Phi) is 4.36. The van der Waals surface area contributed by atoms with Gasteiger partial charge in [-0.2, -0.15) is 4.68 Å². The van der Waals surface area contributed by atoms with Crippen LogP contribution in [0.1, 0.15) is 18.5 Å². The highest BCUT2D eigenvalue weighted by molar-refractivity contribution is 5.77. The molecule has 0 bridgehead atoms. The van der Waals surface area contributed by atoms with Gasteiger partial charge in [-0.3, -0.25) is 0 Å². The van der Waals surface area contributed by atoms with Gasteiger partial charge in [-0.15, -0.1) is 0 Å². The van der Waals surface area contributed by atoms with Gasteiger partial charge < -0.3 is 13.9 Å². The molecular formula is C13H13FN2O5. The largest absolute Gasteiger partial charge is 0.464 e. The first-order valence-electron chi connectivity index (χ1n) is 6.12. The van der Waals surface area contributed by atoms with E-state index >= 15 is 0 Å². The fraction of sp³-hybridized carbons (Fsp3) is 0.308. The molecular weight excluding hydrogens is 283 g/mol. The summed E-state index contributed by atoms with van der Waals surface area (Å²) >= 11 is 0. The van der Waals surface area contributed by atoms with Crippen LogP contribution >= 0.6 is 0 Å². The van der Waals surface area contributed by atoms with E-state index < -0.39 is 23.6 Å². The van der Waals surface area contributed by atoms with Gasteiger partial charge in [0.15, 0.2) is 6.04 Å². The predicted molar refractivity (Wildman–Crippen MR) is 68.5 cm³/mol. The second kappa shape index (κ2) is 6.21. The van der Waals surface area contributed by atoms with Crippen LogP contribution in [0.3, 0.4) is 0 Å². The molecule has 0 amide bonds. The lowest BCUT2D eigenvalue weighted by molar-refractivity contribution is -0.146. The monoisotopic (exact) mass is 296 g/mol. The number of hydrogen-bond donors (Lipinski definition) is 0. The maximum Gasteiger partial charge on any atom is 0.440 e. The van der Waals surface area contributed by atoms with Crippen molar-refractivity contribution >= 4 is 5.97 Å². The molecule has 0 saturated heterocycles. The minimum absolute atomic E-state index is 0.125. The van der Waals surface area contributed by atoms with Gasteiger partial charge in [0.1, 0.15) is 5.82 Å². The summed E-state index contributed by atoms with van der Waals surface area (Å²) in [6, 6.07) is 3.90. The molecule has 0 aliphatic carbocycles. The highest BCUT2D eigenvalue weighted by Gasteiger charge is 2.29. The van der Waals surface area contributed by atoms with E-state index in [1.807, 2.05) is 0 Å². The van der Waals surface area contributed by atoms with Crippen molar-refractivity contribution in [3.8, 4) is 6.08 Å². The quantitative estimate of drug-likeness (QED) is 0.769. The Labute approximate surface area is 118 Å². The summed E-state index contributed by atoms with van der Waals surface area (Å²) in [5, 5.41) is 3.75. The number of nitrogens with zero attached hydrogens (tertiary/aromatic N) is 2. The zero-order valence-electron chi connectivity index (χ0n) is 11.4. The fourth-order valence-electron chi connectivity index (χ4n) is 1.76. The summed E-state index contributed by atoms with van der Waals surface area (Å²) < 4.78 is 28.1. The first kappa shape index (κ1) is 14.8. The van der Waals surface area contributed by atoms with Crippen molar-refractivity contribution in [1.82, 2.24) is 9.78 Å². The average Bonchev–Trinajstić information content (AvgIpc) is 2.83. The third-order valence-electron chi connectivity index (χ3n) is 2.67. The third-order valence-corrected chi connectivity index (χ3v) is 2.67. The number of esters is 1. The van der Waals surface area contributed by atoms with E-state index in [1.54, 1.807) is 6.92 Å². The lowest BCUT2D eigenvalue weighted by atomic mass is 10.1. The van der Waals surface area contributed by atoms with E-state index in [4.69, 9.17) is 13.9 Å². The lowest BCUT2D eigenvalue weighted by Crippen LogP contribution is -2.30. The SMILES string of the molecule is CCOC(=O)C(c1ccc(F)cc1)n1nc(OC)oc1=O. The Hall–Kier alpha value is -2.64. The van der Waals surface area contributed by atoms with E-state index in [-0.39, 0.29) is 12.7 Å². The van der Waals surface area contributed by atoms with Crippen LogP contribution in [0.5, 0.6) is 6.08 Å². The van der Waals surface area contributed by atoms with Gasteiger partial charge in [0.05, 0.1) is 13.7 Å². The number of carbonyl (C=O) groups excluding carboxylic acids is 1. The van der Waals surface area contributed by atoms with Gasteiger partial charge in [-0.1, -0.05) is 17.2 Å². The number of benzene rings is 1. The topological polar surface area (TPSA) is 83.6 Å². The first-order valence-corrected chi connectivity index (χ1v) is 6.12. The summed E-state index contributed by atoms with van der Waals surface area (Å²) in [6.45, 7) is 1.76. The Morgan fingerprint density at radius 3 is 2.62 bits per heavy atom. The van der Waals surface area contributed by atoms with Gasteiger partial charge in [-0.25, -0.2) is 14.0 Å². The molecule has 0 N–H and O–H groups in total. The molecule has 0 spiro atoms. The molecule has 1 aromatic carbocycles. The fourth-order valence-corrected chi connectivity index (χ4v) is 1.76. The summed E-state index contributed by atoms with van der Waals surface area (Å²) in [5.74, 6) is -2.05. The van der Waals surface area contributed by atoms with Crippen LogP contribution in [-0.4, -0.2) is 29.5 Å². The molecule has 1 atom stereocenters. The molecule has 1 heterocycles. The highest BCUT2D eigenvalue weighted by atomic mass is 19.1. The van der Waals surface area contributed by atoms with Crippen molar-refractivity contribution in [2.75, 3.05) is 13.7 Å². The average molecular weight is 296 g/mol. The predicted octanol–water partition coefficient (Wildman–Crippen LogP) is 1.14. The molecule has 0 radical (unpaired) electrons. The second-order valence-electron chi connectivity index (χ2n) is 3.99. The molecule has 0 aliphatic rings. The van der Waals surface area contributed by atoms with Crippen LogP contribution in [-0.2, 0) is 9.53 Å². The zero-order valence-corrected chi connectivity index (χ0v) is 11.4. The van der Waals surface area contributed by atoms with Crippen LogP contribution in [0.2, 0.25) is 0 Å². The van der Waals surface area contributed by atoms with Crippen molar-refractivity contribution in [3.63, 3.8) is 0 Å². The van der Waals surface area contributed by atoms with Gasteiger partial charge in [0, 0.05) is 0 Å². The Morgan fingerprint density at radius 2 is 2.10 bits per heavy atom. The minimum atomic E-state index is -1.18. The van der Waals surface area contributed by atoms with E-state index in [1.165, 1.54) is 31.4 Å². The third kappa shape index (κ3) is 3.10. The van der Waals surface area contributed by atoms with Crippen LogP contribution in [0.4, 0.5) is 4.39 Å². The van der Waals surface area contributed by atoms with E-state index in [9.17, 15) is 14.0 Å². The highest BCUT2D eigenvalue weighted by Crippen LogP contribution is 2.19. The Bertz CT molecular complexity index is 677. The molecule has 1 unspecified atom stereocenters.